The Morgan fingerprint density at radius 1 is 1.39 bits per heavy atom. The van der Waals surface area contributed by atoms with Crippen LogP contribution in [0, 0.1) is 11.8 Å². The predicted molar refractivity (Wildman–Crippen MR) is 73.0 cm³/mol. The molecule has 0 aromatic heterocycles. The molecule has 1 heterocycles. The zero-order valence-electron chi connectivity index (χ0n) is 10.5. The first-order chi connectivity index (χ1) is 8.79. The summed E-state index contributed by atoms with van der Waals surface area (Å²) in [6.45, 7) is 3.00. The molecular weight excluding hydrogens is 250 g/mol. The molecule has 1 aliphatic heterocycles. The highest BCUT2D eigenvalue weighted by Crippen LogP contribution is 2.25. The topological polar surface area (TPSA) is 44.5 Å². The molecule has 0 aliphatic carbocycles. The van der Waals surface area contributed by atoms with Gasteiger partial charge >= 0.3 is 0 Å². The van der Waals surface area contributed by atoms with Crippen molar-refractivity contribution in [3.05, 3.63) is 29.3 Å². The van der Waals surface area contributed by atoms with Gasteiger partial charge in [-0.1, -0.05) is 17.7 Å². The number of benzene rings is 1. The van der Waals surface area contributed by atoms with Gasteiger partial charge < -0.3 is 15.2 Å². The standard InChI is InChI=1S/C14H20ClNO2/c15-13-2-1-3-14(8-13)18-10-12(9-16)11-4-6-17-7-5-11/h1-3,8,11-12H,4-7,9-10,16H2. The van der Waals surface area contributed by atoms with E-state index in [0.717, 1.165) is 31.8 Å². The normalized spacial score (nSPS) is 18.6. The molecule has 0 saturated carbocycles. The molecule has 1 unspecified atom stereocenters. The van der Waals surface area contributed by atoms with Crippen molar-refractivity contribution >= 4 is 11.6 Å². The third kappa shape index (κ3) is 3.87. The summed E-state index contributed by atoms with van der Waals surface area (Å²) < 4.78 is 11.2. The van der Waals surface area contributed by atoms with Crippen molar-refractivity contribution in [2.24, 2.45) is 17.6 Å². The summed E-state index contributed by atoms with van der Waals surface area (Å²) in [7, 11) is 0. The van der Waals surface area contributed by atoms with Crippen molar-refractivity contribution in [2.45, 2.75) is 12.8 Å². The molecule has 1 aliphatic rings. The smallest absolute Gasteiger partial charge is 0.120 e. The van der Waals surface area contributed by atoms with Gasteiger partial charge in [-0.3, -0.25) is 0 Å². The van der Waals surface area contributed by atoms with Crippen LogP contribution in [-0.2, 0) is 4.74 Å². The molecule has 1 saturated heterocycles. The average Bonchev–Trinajstić information content (AvgIpc) is 2.41. The lowest BCUT2D eigenvalue weighted by molar-refractivity contribution is 0.0381. The Morgan fingerprint density at radius 2 is 2.17 bits per heavy atom. The second kappa shape index (κ2) is 6.98. The second-order valence-corrected chi connectivity index (χ2v) is 5.15. The molecule has 1 aromatic rings. The van der Waals surface area contributed by atoms with Gasteiger partial charge in [0.1, 0.15) is 5.75 Å². The molecule has 1 fully saturated rings. The maximum atomic E-state index is 5.92. The number of hydrogen-bond donors (Lipinski definition) is 1. The lowest BCUT2D eigenvalue weighted by atomic mass is 9.86. The highest BCUT2D eigenvalue weighted by molar-refractivity contribution is 6.30. The van der Waals surface area contributed by atoms with Gasteiger partial charge in [-0.05, 0) is 43.5 Å². The van der Waals surface area contributed by atoms with E-state index in [9.17, 15) is 0 Å². The molecule has 0 bridgehead atoms. The van der Waals surface area contributed by atoms with Crippen LogP contribution in [0.5, 0.6) is 5.75 Å². The third-order valence-corrected chi connectivity index (χ3v) is 3.73. The summed E-state index contributed by atoms with van der Waals surface area (Å²) >= 11 is 5.92. The molecule has 2 rings (SSSR count). The number of ether oxygens (including phenoxy) is 2. The Morgan fingerprint density at radius 3 is 2.83 bits per heavy atom. The average molecular weight is 270 g/mol. The number of nitrogens with two attached hydrogens (primary N) is 1. The summed E-state index contributed by atoms with van der Waals surface area (Å²) in [5.41, 5.74) is 5.85. The van der Waals surface area contributed by atoms with Crippen molar-refractivity contribution in [1.82, 2.24) is 0 Å². The Hall–Kier alpha value is -0.770. The largest absolute Gasteiger partial charge is 0.493 e. The van der Waals surface area contributed by atoms with Crippen LogP contribution >= 0.6 is 11.6 Å². The first kappa shape index (κ1) is 13.7. The predicted octanol–water partition coefficient (Wildman–Crippen LogP) is 2.72. The fourth-order valence-electron chi connectivity index (χ4n) is 2.34. The van der Waals surface area contributed by atoms with Crippen molar-refractivity contribution in [1.29, 1.82) is 0 Å². The minimum absolute atomic E-state index is 0.396. The Labute approximate surface area is 113 Å². The molecule has 0 spiro atoms. The van der Waals surface area contributed by atoms with Crippen molar-refractivity contribution in [3.63, 3.8) is 0 Å². The highest BCUT2D eigenvalue weighted by atomic mass is 35.5. The van der Waals surface area contributed by atoms with E-state index in [1.165, 1.54) is 0 Å². The maximum Gasteiger partial charge on any atom is 0.120 e. The van der Waals surface area contributed by atoms with Gasteiger partial charge in [0.2, 0.25) is 0 Å². The molecule has 3 nitrogen and oxygen atoms in total. The van der Waals surface area contributed by atoms with E-state index in [2.05, 4.69) is 0 Å². The monoisotopic (exact) mass is 269 g/mol. The molecule has 1 atom stereocenters. The van der Waals surface area contributed by atoms with Crippen LogP contribution in [0.4, 0.5) is 0 Å². The Bertz CT molecular complexity index is 367. The van der Waals surface area contributed by atoms with Gasteiger partial charge in [0, 0.05) is 24.2 Å². The fraction of sp³-hybridized carbons (Fsp3) is 0.571. The first-order valence-electron chi connectivity index (χ1n) is 6.46. The lowest BCUT2D eigenvalue weighted by Crippen LogP contribution is -2.32. The molecule has 2 N–H and O–H groups in total. The summed E-state index contributed by atoms with van der Waals surface area (Å²) in [6.07, 6.45) is 2.17. The summed E-state index contributed by atoms with van der Waals surface area (Å²) in [4.78, 5) is 0. The number of halogens is 1. The van der Waals surface area contributed by atoms with Crippen LogP contribution in [0.25, 0.3) is 0 Å². The summed E-state index contributed by atoms with van der Waals surface area (Å²) in [5, 5.41) is 0.697. The van der Waals surface area contributed by atoms with E-state index in [1.54, 1.807) is 0 Å². The summed E-state index contributed by atoms with van der Waals surface area (Å²) in [5.74, 6) is 1.82. The van der Waals surface area contributed by atoms with Gasteiger partial charge in [-0.2, -0.15) is 0 Å². The van der Waals surface area contributed by atoms with Gasteiger partial charge in [-0.25, -0.2) is 0 Å². The Balaban J connectivity index is 1.86. The number of hydrogen-bond acceptors (Lipinski definition) is 3. The van der Waals surface area contributed by atoms with E-state index >= 15 is 0 Å². The minimum atomic E-state index is 0.396. The van der Waals surface area contributed by atoms with Crippen LogP contribution in [-0.4, -0.2) is 26.4 Å². The van der Waals surface area contributed by atoms with Gasteiger partial charge in [0.25, 0.3) is 0 Å². The van der Waals surface area contributed by atoms with E-state index in [1.807, 2.05) is 24.3 Å². The van der Waals surface area contributed by atoms with Gasteiger partial charge in [-0.15, -0.1) is 0 Å². The SMILES string of the molecule is NCC(COc1cccc(Cl)c1)C1CCOCC1. The van der Waals surface area contributed by atoms with Gasteiger partial charge in [0.05, 0.1) is 6.61 Å². The molecule has 18 heavy (non-hydrogen) atoms. The summed E-state index contributed by atoms with van der Waals surface area (Å²) in [6, 6.07) is 7.49. The van der Waals surface area contributed by atoms with Crippen LogP contribution in [0.3, 0.4) is 0 Å². The van der Waals surface area contributed by atoms with Gasteiger partial charge in [0.15, 0.2) is 0 Å². The highest BCUT2D eigenvalue weighted by Gasteiger charge is 2.23. The van der Waals surface area contributed by atoms with E-state index in [4.69, 9.17) is 26.8 Å². The zero-order valence-corrected chi connectivity index (χ0v) is 11.2. The third-order valence-electron chi connectivity index (χ3n) is 3.50. The van der Waals surface area contributed by atoms with Crippen molar-refractivity contribution < 1.29 is 9.47 Å². The van der Waals surface area contributed by atoms with E-state index in [-0.39, 0.29) is 0 Å². The molecule has 0 radical (unpaired) electrons. The maximum absolute atomic E-state index is 5.92. The molecule has 100 valence electrons. The lowest BCUT2D eigenvalue weighted by Gasteiger charge is -2.29. The van der Waals surface area contributed by atoms with Crippen molar-refractivity contribution in [2.75, 3.05) is 26.4 Å². The Kier molecular flexibility index (Phi) is 5.29. The van der Waals surface area contributed by atoms with E-state index in [0.29, 0.717) is 30.0 Å². The van der Waals surface area contributed by atoms with Crippen LogP contribution in [0.15, 0.2) is 24.3 Å². The quantitative estimate of drug-likeness (QED) is 0.894. The zero-order chi connectivity index (χ0) is 12.8. The minimum Gasteiger partial charge on any atom is -0.493 e. The van der Waals surface area contributed by atoms with Crippen LogP contribution < -0.4 is 10.5 Å². The molecule has 1 aromatic carbocycles. The van der Waals surface area contributed by atoms with Crippen LogP contribution in [0.2, 0.25) is 5.02 Å². The van der Waals surface area contributed by atoms with E-state index < -0.39 is 0 Å². The number of rotatable bonds is 5. The molecule has 0 amide bonds. The molecular formula is C14H20ClNO2. The van der Waals surface area contributed by atoms with Crippen molar-refractivity contribution in [3.8, 4) is 5.75 Å². The first-order valence-corrected chi connectivity index (χ1v) is 6.83. The second-order valence-electron chi connectivity index (χ2n) is 4.71. The van der Waals surface area contributed by atoms with Crippen LogP contribution in [0.1, 0.15) is 12.8 Å². The fourth-order valence-corrected chi connectivity index (χ4v) is 2.52. The molecule has 4 heteroatoms.